The summed E-state index contributed by atoms with van der Waals surface area (Å²) in [6.07, 6.45) is 3.53. The SMILES string of the molecule is C=CCN(CC(=O)Nc1nc(-c2ccccc2)cn1-c1ccc(C)c(C)c1)C(=O)c1ccccc1C. The third kappa shape index (κ3) is 5.44. The first kappa shape index (κ1) is 24.7. The summed E-state index contributed by atoms with van der Waals surface area (Å²) >= 11 is 0. The van der Waals surface area contributed by atoms with Crippen molar-refractivity contribution in [2.45, 2.75) is 20.8 Å². The quantitative estimate of drug-likeness (QED) is 0.329. The minimum absolute atomic E-state index is 0.125. The van der Waals surface area contributed by atoms with Gasteiger partial charge in [-0.05, 0) is 55.7 Å². The molecule has 0 aliphatic heterocycles. The molecular weight excluding hydrogens is 448 g/mol. The van der Waals surface area contributed by atoms with E-state index in [9.17, 15) is 9.59 Å². The molecule has 182 valence electrons. The van der Waals surface area contributed by atoms with E-state index < -0.39 is 0 Å². The van der Waals surface area contributed by atoms with Crippen LogP contribution in [-0.4, -0.2) is 39.4 Å². The Morgan fingerprint density at radius 3 is 2.36 bits per heavy atom. The Hall–Kier alpha value is -4.45. The highest BCUT2D eigenvalue weighted by molar-refractivity contribution is 6.00. The van der Waals surface area contributed by atoms with Crippen LogP contribution >= 0.6 is 0 Å². The molecule has 0 saturated heterocycles. The summed E-state index contributed by atoms with van der Waals surface area (Å²) in [5.41, 5.74) is 6.32. The van der Waals surface area contributed by atoms with Crippen LogP contribution in [0, 0.1) is 20.8 Å². The van der Waals surface area contributed by atoms with Gasteiger partial charge in [0.15, 0.2) is 0 Å². The van der Waals surface area contributed by atoms with Gasteiger partial charge in [-0.25, -0.2) is 4.98 Å². The van der Waals surface area contributed by atoms with Crippen LogP contribution in [0.4, 0.5) is 5.95 Å². The Balaban J connectivity index is 1.63. The Bertz CT molecular complexity index is 1410. The van der Waals surface area contributed by atoms with Crippen LogP contribution in [0.15, 0.2) is 91.6 Å². The predicted octanol–water partition coefficient (Wildman–Crippen LogP) is 5.73. The second-order valence-electron chi connectivity index (χ2n) is 8.79. The summed E-state index contributed by atoms with van der Waals surface area (Å²) in [5, 5.41) is 2.93. The third-order valence-corrected chi connectivity index (χ3v) is 6.14. The average molecular weight is 479 g/mol. The van der Waals surface area contributed by atoms with Crippen LogP contribution < -0.4 is 5.32 Å². The fraction of sp³-hybridized carbons (Fsp3) is 0.167. The number of nitrogens with zero attached hydrogens (tertiary/aromatic N) is 3. The number of carbonyl (C=O) groups is 2. The molecule has 4 rings (SSSR count). The first-order valence-corrected chi connectivity index (χ1v) is 11.9. The van der Waals surface area contributed by atoms with Gasteiger partial charge in [0.05, 0.1) is 5.69 Å². The van der Waals surface area contributed by atoms with Crippen molar-refractivity contribution >= 4 is 17.8 Å². The molecule has 0 spiro atoms. The normalized spacial score (nSPS) is 10.6. The van der Waals surface area contributed by atoms with Gasteiger partial charge >= 0.3 is 0 Å². The second-order valence-corrected chi connectivity index (χ2v) is 8.79. The molecule has 1 N–H and O–H groups in total. The highest BCUT2D eigenvalue weighted by Gasteiger charge is 2.21. The summed E-state index contributed by atoms with van der Waals surface area (Å²) < 4.78 is 1.87. The van der Waals surface area contributed by atoms with Gasteiger partial charge in [0.25, 0.3) is 5.91 Å². The number of imidazole rings is 1. The number of rotatable bonds is 8. The molecular formula is C30H30N4O2. The van der Waals surface area contributed by atoms with Crippen molar-refractivity contribution in [1.82, 2.24) is 14.5 Å². The maximum Gasteiger partial charge on any atom is 0.254 e. The summed E-state index contributed by atoms with van der Waals surface area (Å²) in [4.78, 5) is 32.5. The van der Waals surface area contributed by atoms with E-state index in [1.54, 1.807) is 12.1 Å². The molecule has 0 bridgehead atoms. The first-order valence-electron chi connectivity index (χ1n) is 11.9. The molecule has 3 aromatic carbocycles. The largest absolute Gasteiger partial charge is 0.326 e. The van der Waals surface area contributed by atoms with Gasteiger partial charge in [-0.2, -0.15) is 0 Å². The Morgan fingerprint density at radius 1 is 0.944 bits per heavy atom. The zero-order valence-electron chi connectivity index (χ0n) is 20.9. The lowest BCUT2D eigenvalue weighted by Gasteiger charge is -2.21. The average Bonchev–Trinajstić information content (AvgIpc) is 3.29. The number of anilines is 1. The highest BCUT2D eigenvalue weighted by atomic mass is 16.2. The zero-order valence-corrected chi connectivity index (χ0v) is 20.9. The lowest BCUT2D eigenvalue weighted by Crippen LogP contribution is -2.38. The number of benzene rings is 3. The van der Waals surface area contributed by atoms with Gasteiger partial charge in [-0.3, -0.25) is 19.5 Å². The van der Waals surface area contributed by atoms with E-state index in [-0.39, 0.29) is 24.9 Å². The Labute approximate surface area is 211 Å². The Morgan fingerprint density at radius 2 is 1.67 bits per heavy atom. The van der Waals surface area contributed by atoms with Crippen molar-refractivity contribution in [2.75, 3.05) is 18.4 Å². The van der Waals surface area contributed by atoms with Crippen LogP contribution in [0.3, 0.4) is 0 Å². The summed E-state index contributed by atoms with van der Waals surface area (Å²) in [6.45, 7) is 9.87. The fourth-order valence-corrected chi connectivity index (χ4v) is 3.98. The smallest absolute Gasteiger partial charge is 0.254 e. The van der Waals surface area contributed by atoms with Crippen molar-refractivity contribution in [3.63, 3.8) is 0 Å². The molecule has 0 saturated carbocycles. The van der Waals surface area contributed by atoms with Crippen molar-refractivity contribution in [3.05, 3.63) is 114 Å². The van der Waals surface area contributed by atoms with Crippen molar-refractivity contribution in [1.29, 1.82) is 0 Å². The van der Waals surface area contributed by atoms with Crippen LogP contribution in [0.5, 0.6) is 0 Å². The molecule has 36 heavy (non-hydrogen) atoms. The molecule has 2 amide bonds. The number of aryl methyl sites for hydroxylation is 3. The predicted molar refractivity (Wildman–Crippen MR) is 144 cm³/mol. The molecule has 1 heterocycles. The molecule has 0 radical (unpaired) electrons. The summed E-state index contributed by atoms with van der Waals surface area (Å²) in [5.74, 6) is -0.163. The molecule has 4 aromatic rings. The highest BCUT2D eigenvalue weighted by Crippen LogP contribution is 2.25. The van der Waals surface area contributed by atoms with Gasteiger partial charge in [-0.1, -0.05) is 60.7 Å². The van der Waals surface area contributed by atoms with Gasteiger partial charge in [0, 0.05) is 29.6 Å². The molecule has 0 atom stereocenters. The van der Waals surface area contributed by atoms with E-state index in [1.807, 2.05) is 78.4 Å². The Kier molecular flexibility index (Phi) is 7.44. The molecule has 1 aromatic heterocycles. The molecule has 0 unspecified atom stereocenters. The summed E-state index contributed by atoms with van der Waals surface area (Å²) in [6, 6.07) is 23.3. The van der Waals surface area contributed by atoms with Crippen LogP contribution in [0.2, 0.25) is 0 Å². The van der Waals surface area contributed by atoms with E-state index in [0.717, 1.165) is 28.1 Å². The second kappa shape index (κ2) is 10.9. The zero-order chi connectivity index (χ0) is 25.7. The number of hydrogen-bond acceptors (Lipinski definition) is 3. The topological polar surface area (TPSA) is 67.2 Å². The fourth-order valence-electron chi connectivity index (χ4n) is 3.98. The van der Waals surface area contributed by atoms with Gasteiger partial charge in [0.2, 0.25) is 11.9 Å². The van der Waals surface area contributed by atoms with Gasteiger partial charge < -0.3 is 4.90 Å². The van der Waals surface area contributed by atoms with Gasteiger partial charge in [0.1, 0.15) is 6.54 Å². The number of hydrogen-bond donors (Lipinski definition) is 1. The lowest BCUT2D eigenvalue weighted by molar-refractivity contribution is -0.116. The van der Waals surface area contributed by atoms with Crippen LogP contribution in [-0.2, 0) is 4.79 Å². The maximum absolute atomic E-state index is 13.2. The van der Waals surface area contributed by atoms with E-state index in [0.29, 0.717) is 11.5 Å². The van der Waals surface area contributed by atoms with Crippen LogP contribution in [0.1, 0.15) is 27.0 Å². The van der Waals surface area contributed by atoms with E-state index in [4.69, 9.17) is 4.98 Å². The number of aromatic nitrogens is 2. The lowest BCUT2D eigenvalue weighted by atomic mass is 10.1. The van der Waals surface area contributed by atoms with E-state index in [1.165, 1.54) is 10.5 Å². The molecule has 0 fully saturated rings. The van der Waals surface area contributed by atoms with E-state index in [2.05, 4.69) is 31.8 Å². The molecule has 0 aliphatic carbocycles. The monoisotopic (exact) mass is 478 g/mol. The number of amides is 2. The minimum Gasteiger partial charge on any atom is -0.326 e. The van der Waals surface area contributed by atoms with Crippen molar-refractivity contribution < 1.29 is 9.59 Å². The number of carbonyl (C=O) groups excluding carboxylic acids is 2. The molecule has 6 heteroatoms. The van der Waals surface area contributed by atoms with Crippen molar-refractivity contribution in [2.24, 2.45) is 0 Å². The molecule has 0 aliphatic rings. The third-order valence-electron chi connectivity index (χ3n) is 6.14. The van der Waals surface area contributed by atoms with Crippen molar-refractivity contribution in [3.8, 4) is 16.9 Å². The minimum atomic E-state index is -0.339. The molecule has 6 nitrogen and oxygen atoms in total. The number of nitrogens with one attached hydrogen (secondary N) is 1. The standard InChI is InChI=1S/C30H30N4O2/c1-5-17-33(29(36)26-14-10-9-11-22(26)3)20-28(35)32-30-31-27(24-12-7-6-8-13-24)19-34(30)25-16-15-21(2)23(4)18-25/h5-16,18-19H,1,17,20H2,2-4H3,(H,31,32,35). The maximum atomic E-state index is 13.2. The first-order chi connectivity index (χ1) is 17.4. The van der Waals surface area contributed by atoms with E-state index >= 15 is 0 Å². The summed E-state index contributed by atoms with van der Waals surface area (Å²) in [7, 11) is 0. The van der Waals surface area contributed by atoms with Gasteiger partial charge in [-0.15, -0.1) is 6.58 Å². The van der Waals surface area contributed by atoms with Crippen LogP contribution in [0.25, 0.3) is 16.9 Å².